The van der Waals surface area contributed by atoms with Gasteiger partial charge in [-0.2, -0.15) is 0 Å². The van der Waals surface area contributed by atoms with E-state index in [4.69, 9.17) is 23.2 Å². The Balaban J connectivity index is 3.21. The Labute approximate surface area is 75.6 Å². The predicted octanol–water partition coefficient (Wildman–Crippen LogP) is 2.91. The van der Waals surface area contributed by atoms with Crippen LogP contribution in [0.3, 0.4) is 0 Å². The Morgan fingerprint density at radius 2 is 1.64 bits per heavy atom. The fraction of sp³-hybridized carbons (Fsp3) is 0.429. The fourth-order valence-electron chi connectivity index (χ4n) is 0.831. The number of nitrogens with zero attached hydrogens (tertiary/aromatic N) is 2. The van der Waals surface area contributed by atoms with Crippen molar-refractivity contribution < 1.29 is 0 Å². The Morgan fingerprint density at radius 3 is 1.91 bits per heavy atom. The summed E-state index contributed by atoms with van der Waals surface area (Å²) in [5, 5.41) is 0.889. The van der Waals surface area contributed by atoms with Crippen LogP contribution in [0.15, 0.2) is 6.33 Å². The van der Waals surface area contributed by atoms with Crippen LogP contribution in [0.2, 0.25) is 10.3 Å². The molecule has 0 spiro atoms. The van der Waals surface area contributed by atoms with E-state index in [9.17, 15) is 0 Å². The number of hydrogen-bond donors (Lipinski definition) is 0. The van der Waals surface area contributed by atoms with E-state index in [1.807, 2.05) is 13.8 Å². The maximum absolute atomic E-state index is 5.79. The average molecular weight is 191 g/mol. The van der Waals surface area contributed by atoms with Crippen LogP contribution in [-0.2, 0) is 0 Å². The second-order valence-electron chi connectivity index (χ2n) is 2.52. The van der Waals surface area contributed by atoms with Gasteiger partial charge in [-0.15, -0.1) is 0 Å². The lowest BCUT2D eigenvalue weighted by Gasteiger charge is -2.06. The van der Waals surface area contributed by atoms with Crippen LogP contribution >= 0.6 is 23.2 Å². The van der Waals surface area contributed by atoms with E-state index in [-0.39, 0.29) is 5.92 Å². The monoisotopic (exact) mass is 190 g/mol. The van der Waals surface area contributed by atoms with Crippen molar-refractivity contribution in [1.82, 2.24) is 9.97 Å². The Kier molecular flexibility index (Phi) is 2.68. The molecule has 0 fully saturated rings. The molecule has 0 unspecified atom stereocenters. The second-order valence-corrected chi connectivity index (χ2v) is 3.24. The molecule has 11 heavy (non-hydrogen) atoms. The summed E-state index contributed by atoms with van der Waals surface area (Å²) >= 11 is 11.6. The molecule has 0 aliphatic carbocycles. The molecule has 0 radical (unpaired) electrons. The van der Waals surface area contributed by atoms with Crippen LogP contribution in [0.5, 0.6) is 0 Å². The highest BCUT2D eigenvalue weighted by atomic mass is 35.5. The lowest BCUT2D eigenvalue weighted by molar-refractivity contribution is 0.846. The first-order valence-electron chi connectivity index (χ1n) is 3.28. The molecule has 1 heterocycles. The van der Waals surface area contributed by atoms with Crippen molar-refractivity contribution in [2.75, 3.05) is 0 Å². The van der Waals surface area contributed by atoms with Gasteiger partial charge >= 0.3 is 0 Å². The molecule has 1 aromatic rings. The first-order valence-corrected chi connectivity index (χ1v) is 4.04. The van der Waals surface area contributed by atoms with E-state index in [1.165, 1.54) is 6.33 Å². The van der Waals surface area contributed by atoms with Crippen LogP contribution in [0.4, 0.5) is 0 Å². The molecule has 0 atom stereocenters. The molecule has 60 valence electrons. The summed E-state index contributed by atoms with van der Waals surface area (Å²) in [5.41, 5.74) is 0.816. The number of rotatable bonds is 1. The van der Waals surface area contributed by atoms with E-state index in [2.05, 4.69) is 9.97 Å². The SMILES string of the molecule is CC(C)c1c(Cl)ncnc1Cl. The standard InChI is InChI=1S/C7H8Cl2N2/c1-4(2)5-6(8)10-3-11-7(5)9/h3-4H,1-2H3. The molecule has 0 saturated heterocycles. The van der Waals surface area contributed by atoms with Crippen molar-refractivity contribution in [2.24, 2.45) is 0 Å². The molecule has 1 aromatic heterocycles. The second kappa shape index (κ2) is 3.37. The molecule has 4 heteroatoms. The van der Waals surface area contributed by atoms with Crippen molar-refractivity contribution in [3.63, 3.8) is 0 Å². The lowest BCUT2D eigenvalue weighted by atomic mass is 10.1. The molecule has 0 aromatic carbocycles. The third kappa shape index (κ3) is 1.82. The van der Waals surface area contributed by atoms with Gasteiger partial charge in [0, 0.05) is 5.56 Å². The molecule has 0 saturated carbocycles. The third-order valence-electron chi connectivity index (χ3n) is 1.36. The van der Waals surface area contributed by atoms with Gasteiger partial charge in [0.2, 0.25) is 0 Å². The zero-order valence-corrected chi connectivity index (χ0v) is 7.82. The van der Waals surface area contributed by atoms with Gasteiger partial charge in [-0.3, -0.25) is 0 Å². The maximum Gasteiger partial charge on any atom is 0.137 e. The molecule has 1 rings (SSSR count). The van der Waals surface area contributed by atoms with E-state index in [0.717, 1.165) is 5.56 Å². The van der Waals surface area contributed by atoms with E-state index >= 15 is 0 Å². The van der Waals surface area contributed by atoms with Crippen molar-refractivity contribution in [1.29, 1.82) is 0 Å². The Morgan fingerprint density at radius 1 is 1.18 bits per heavy atom. The van der Waals surface area contributed by atoms with Crippen LogP contribution in [0, 0.1) is 0 Å². The van der Waals surface area contributed by atoms with Crippen LogP contribution in [-0.4, -0.2) is 9.97 Å². The molecule has 2 nitrogen and oxygen atoms in total. The van der Waals surface area contributed by atoms with Gasteiger partial charge in [0.25, 0.3) is 0 Å². The summed E-state index contributed by atoms with van der Waals surface area (Å²) in [5.74, 6) is 0.260. The summed E-state index contributed by atoms with van der Waals surface area (Å²) < 4.78 is 0. The van der Waals surface area contributed by atoms with E-state index < -0.39 is 0 Å². The summed E-state index contributed by atoms with van der Waals surface area (Å²) in [6.45, 7) is 3.99. The summed E-state index contributed by atoms with van der Waals surface area (Å²) in [7, 11) is 0. The highest BCUT2D eigenvalue weighted by Crippen LogP contribution is 2.27. The highest BCUT2D eigenvalue weighted by Gasteiger charge is 2.10. The lowest BCUT2D eigenvalue weighted by Crippen LogP contribution is -1.94. The molecule has 0 aliphatic heterocycles. The van der Waals surface area contributed by atoms with Gasteiger partial charge in [-0.25, -0.2) is 9.97 Å². The van der Waals surface area contributed by atoms with E-state index in [1.54, 1.807) is 0 Å². The first-order chi connectivity index (χ1) is 5.13. The van der Waals surface area contributed by atoms with Crippen LogP contribution in [0.25, 0.3) is 0 Å². The smallest absolute Gasteiger partial charge is 0.137 e. The normalized spacial score (nSPS) is 10.6. The molecule has 0 aliphatic rings. The Bertz CT molecular complexity index is 240. The highest BCUT2D eigenvalue weighted by molar-refractivity contribution is 6.34. The maximum atomic E-state index is 5.79. The molecule has 0 amide bonds. The van der Waals surface area contributed by atoms with Crippen molar-refractivity contribution in [3.05, 3.63) is 22.2 Å². The minimum absolute atomic E-state index is 0.260. The molecule has 0 bridgehead atoms. The quantitative estimate of drug-likeness (QED) is 0.637. The average Bonchev–Trinajstić information content (AvgIpc) is 1.85. The van der Waals surface area contributed by atoms with Gasteiger partial charge in [0.1, 0.15) is 16.6 Å². The minimum atomic E-state index is 0.260. The van der Waals surface area contributed by atoms with Gasteiger partial charge in [-0.1, -0.05) is 37.0 Å². The van der Waals surface area contributed by atoms with Gasteiger partial charge < -0.3 is 0 Å². The van der Waals surface area contributed by atoms with Crippen molar-refractivity contribution >= 4 is 23.2 Å². The molecular weight excluding hydrogens is 183 g/mol. The largest absolute Gasteiger partial charge is 0.224 e. The summed E-state index contributed by atoms with van der Waals surface area (Å²) in [4.78, 5) is 7.66. The van der Waals surface area contributed by atoms with Crippen molar-refractivity contribution in [2.45, 2.75) is 19.8 Å². The number of halogens is 2. The fourth-order valence-corrected chi connectivity index (χ4v) is 1.58. The zero-order chi connectivity index (χ0) is 8.43. The van der Waals surface area contributed by atoms with Gasteiger partial charge in [0.15, 0.2) is 0 Å². The molecular formula is C7H8Cl2N2. The predicted molar refractivity (Wildman–Crippen MR) is 46.1 cm³/mol. The summed E-state index contributed by atoms with van der Waals surface area (Å²) in [6.07, 6.45) is 1.36. The number of hydrogen-bond acceptors (Lipinski definition) is 2. The van der Waals surface area contributed by atoms with Gasteiger partial charge in [0.05, 0.1) is 0 Å². The zero-order valence-electron chi connectivity index (χ0n) is 6.31. The number of aromatic nitrogens is 2. The minimum Gasteiger partial charge on any atom is -0.224 e. The third-order valence-corrected chi connectivity index (χ3v) is 1.97. The van der Waals surface area contributed by atoms with Gasteiger partial charge in [-0.05, 0) is 5.92 Å². The Hall–Kier alpha value is -0.340. The van der Waals surface area contributed by atoms with E-state index in [0.29, 0.717) is 10.3 Å². The molecule has 0 N–H and O–H groups in total. The van der Waals surface area contributed by atoms with Crippen molar-refractivity contribution in [3.8, 4) is 0 Å². The topological polar surface area (TPSA) is 25.8 Å². The summed E-state index contributed by atoms with van der Waals surface area (Å²) in [6, 6.07) is 0. The van der Waals surface area contributed by atoms with Crippen LogP contribution in [0.1, 0.15) is 25.3 Å². The van der Waals surface area contributed by atoms with Crippen LogP contribution < -0.4 is 0 Å². The first kappa shape index (κ1) is 8.75.